The Labute approximate surface area is 128 Å². The van der Waals surface area contributed by atoms with Crippen LogP contribution in [0.2, 0.25) is 5.21 Å². The van der Waals surface area contributed by atoms with Crippen molar-refractivity contribution in [2.24, 2.45) is 5.92 Å². The molecule has 2 rings (SSSR count). The monoisotopic (exact) mass is 359 g/mol. The summed E-state index contributed by atoms with van der Waals surface area (Å²) >= 11 is -0.174. The van der Waals surface area contributed by atoms with Gasteiger partial charge in [-0.2, -0.15) is 0 Å². The standard InChI is InChI=1S/C14H18AsF2N2O2/c16-14(17)5-3-9(4-6-14)8-15-11-2-1-10(7-12(11)18)19-13(20)21/h1-2,7,9,19H,3-6,8,18H2,(H,20,21). The van der Waals surface area contributed by atoms with Gasteiger partial charge in [0.1, 0.15) is 0 Å². The van der Waals surface area contributed by atoms with E-state index in [9.17, 15) is 13.6 Å². The molecule has 1 saturated carbocycles. The van der Waals surface area contributed by atoms with Gasteiger partial charge in [0.05, 0.1) is 0 Å². The SMILES string of the molecule is Nc1cc(NC(=O)O)ccc1[As]CC1CCC(F)(F)CC1. The van der Waals surface area contributed by atoms with Gasteiger partial charge in [0, 0.05) is 0 Å². The molecule has 0 heterocycles. The van der Waals surface area contributed by atoms with E-state index in [0.717, 1.165) is 9.56 Å². The van der Waals surface area contributed by atoms with Crippen molar-refractivity contribution in [3.8, 4) is 0 Å². The number of benzene rings is 1. The van der Waals surface area contributed by atoms with Gasteiger partial charge in [0.2, 0.25) is 0 Å². The van der Waals surface area contributed by atoms with Gasteiger partial charge in [0.15, 0.2) is 0 Å². The van der Waals surface area contributed by atoms with E-state index in [1.54, 1.807) is 12.1 Å². The Bertz CT molecular complexity index is 516. The van der Waals surface area contributed by atoms with Crippen LogP contribution in [0, 0.1) is 5.92 Å². The second-order valence-corrected chi connectivity index (χ2v) is 7.78. The summed E-state index contributed by atoms with van der Waals surface area (Å²) in [6.07, 6.45) is 0.0342. The average molecular weight is 359 g/mol. The van der Waals surface area contributed by atoms with E-state index in [2.05, 4.69) is 5.32 Å². The summed E-state index contributed by atoms with van der Waals surface area (Å²) in [5, 5.41) is 11.8. The van der Waals surface area contributed by atoms with Gasteiger partial charge in [0.25, 0.3) is 0 Å². The summed E-state index contributed by atoms with van der Waals surface area (Å²) in [6.45, 7) is 0. The first-order valence-electron chi connectivity index (χ1n) is 6.80. The van der Waals surface area contributed by atoms with Crippen molar-refractivity contribution in [3.63, 3.8) is 0 Å². The van der Waals surface area contributed by atoms with Crippen LogP contribution in [0.5, 0.6) is 0 Å². The van der Waals surface area contributed by atoms with Crippen LogP contribution in [0.15, 0.2) is 18.2 Å². The van der Waals surface area contributed by atoms with Gasteiger partial charge in [-0.1, -0.05) is 0 Å². The first-order chi connectivity index (χ1) is 9.85. The van der Waals surface area contributed by atoms with Crippen LogP contribution in [0.1, 0.15) is 25.7 Å². The van der Waals surface area contributed by atoms with Crippen LogP contribution in [0.3, 0.4) is 0 Å². The zero-order chi connectivity index (χ0) is 15.5. The third kappa shape index (κ3) is 4.88. The molecule has 1 aromatic rings. The van der Waals surface area contributed by atoms with Gasteiger partial charge in [-0.15, -0.1) is 0 Å². The Morgan fingerprint density at radius 3 is 2.67 bits per heavy atom. The van der Waals surface area contributed by atoms with Crippen LogP contribution >= 0.6 is 0 Å². The first-order valence-corrected chi connectivity index (χ1v) is 9.07. The molecule has 0 aromatic heterocycles. The molecule has 21 heavy (non-hydrogen) atoms. The van der Waals surface area contributed by atoms with Gasteiger partial charge in [-0.05, 0) is 0 Å². The summed E-state index contributed by atoms with van der Waals surface area (Å²) < 4.78 is 27.2. The van der Waals surface area contributed by atoms with Crippen molar-refractivity contribution in [1.29, 1.82) is 0 Å². The van der Waals surface area contributed by atoms with Gasteiger partial charge < -0.3 is 0 Å². The average Bonchev–Trinajstić information content (AvgIpc) is 2.38. The van der Waals surface area contributed by atoms with Gasteiger partial charge in [-0.25, -0.2) is 0 Å². The van der Waals surface area contributed by atoms with Crippen molar-refractivity contribution >= 4 is 37.6 Å². The molecule has 7 heteroatoms. The number of anilines is 2. The summed E-state index contributed by atoms with van der Waals surface area (Å²) in [5.74, 6) is -2.11. The van der Waals surface area contributed by atoms with E-state index in [1.165, 1.54) is 0 Å². The molecule has 1 amide bonds. The van der Waals surface area contributed by atoms with E-state index < -0.39 is 12.0 Å². The summed E-state index contributed by atoms with van der Waals surface area (Å²) in [6, 6.07) is 5.12. The van der Waals surface area contributed by atoms with Crippen molar-refractivity contribution in [2.45, 2.75) is 36.8 Å². The molecular weight excluding hydrogens is 341 g/mol. The molecule has 1 fully saturated rings. The fourth-order valence-electron chi connectivity index (χ4n) is 2.41. The van der Waals surface area contributed by atoms with E-state index in [0.29, 0.717) is 30.1 Å². The molecule has 1 aliphatic carbocycles. The molecule has 0 aliphatic heterocycles. The third-order valence-corrected chi connectivity index (χ3v) is 6.67. The molecule has 1 aliphatic rings. The number of amides is 1. The molecule has 115 valence electrons. The third-order valence-electron chi connectivity index (χ3n) is 3.64. The molecular formula is C14H18AsF2N2O2. The molecule has 0 saturated heterocycles. The number of nitrogens with two attached hydrogens (primary N) is 1. The molecule has 0 spiro atoms. The van der Waals surface area contributed by atoms with Crippen molar-refractivity contribution < 1.29 is 18.7 Å². The summed E-state index contributed by atoms with van der Waals surface area (Å²) in [5.41, 5.74) is 6.94. The number of halogens is 2. The Morgan fingerprint density at radius 1 is 1.43 bits per heavy atom. The predicted molar refractivity (Wildman–Crippen MR) is 79.6 cm³/mol. The van der Waals surface area contributed by atoms with E-state index in [-0.39, 0.29) is 28.6 Å². The molecule has 0 bridgehead atoms. The number of hydrogen-bond acceptors (Lipinski definition) is 2. The summed E-state index contributed by atoms with van der Waals surface area (Å²) in [4.78, 5) is 10.5. The topological polar surface area (TPSA) is 75.3 Å². The zero-order valence-corrected chi connectivity index (χ0v) is 13.4. The summed E-state index contributed by atoms with van der Waals surface area (Å²) in [7, 11) is 0. The minimum absolute atomic E-state index is 0.00423. The number of carboxylic acid groups (broad SMARTS) is 1. The van der Waals surface area contributed by atoms with Crippen LogP contribution in [-0.2, 0) is 0 Å². The maximum absolute atomic E-state index is 13.1. The minimum atomic E-state index is -2.48. The normalized spacial score (nSPS) is 19.0. The molecule has 1 radical (unpaired) electrons. The molecule has 4 N–H and O–H groups in total. The van der Waals surface area contributed by atoms with Crippen LogP contribution < -0.4 is 15.4 Å². The second-order valence-electron chi connectivity index (χ2n) is 5.34. The predicted octanol–water partition coefficient (Wildman–Crippen LogP) is 2.93. The second kappa shape index (κ2) is 6.65. The molecule has 4 nitrogen and oxygen atoms in total. The molecule has 1 aromatic carbocycles. The first kappa shape index (κ1) is 16.1. The van der Waals surface area contributed by atoms with E-state index in [1.807, 2.05) is 6.07 Å². The van der Waals surface area contributed by atoms with E-state index >= 15 is 0 Å². The Hall–Kier alpha value is -1.29. The van der Waals surface area contributed by atoms with Crippen molar-refractivity contribution in [1.82, 2.24) is 0 Å². The van der Waals surface area contributed by atoms with Crippen molar-refractivity contribution in [3.05, 3.63) is 18.2 Å². The number of alkyl halides is 2. The van der Waals surface area contributed by atoms with Crippen molar-refractivity contribution in [2.75, 3.05) is 11.1 Å². The van der Waals surface area contributed by atoms with Gasteiger partial charge >= 0.3 is 128 Å². The number of rotatable bonds is 4. The van der Waals surface area contributed by atoms with E-state index in [4.69, 9.17) is 10.8 Å². The van der Waals surface area contributed by atoms with Crippen LogP contribution in [0.25, 0.3) is 0 Å². The number of nitrogen functional groups attached to an aromatic ring is 1. The van der Waals surface area contributed by atoms with Gasteiger partial charge in [-0.3, -0.25) is 0 Å². The quantitative estimate of drug-likeness (QED) is 0.572. The fraction of sp³-hybridized carbons (Fsp3) is 0.500. The van der Waals surface area contributed by atoms with Crippen LogP contribution in [-0.4, -0.2) is 32.9 Å². The zero-order valence-electron chi connectivity index (χ0n) is 11.5. The Kier molecular flexibility index (Phi) is 5.09. The number of hydrogen-bond donors (Lipinski definition) is 3. The Balaban J connectivity index is 1.87. The van der Waals surface area contributed by atoms with Crippen LogP contribution in [0.4, 0.5) is 25.0 Å². The number of nitrogens with one attached hydrogen (secondary N) is 1. The Morgan fingerprint density at radius 2 is 2.10 bits per heavy atom. The maximum atomic E-state index is 13.1. The molecule has 0 atom stereocenters. The number of carbonyl (C=O) groups is 1. The fourth-order valence-corrected chi connectivity index (χ4v) is 5.03. The molecule has 0 unspecified atom stereocenters.